The second-order valence-electron chi connectivity index (χ2n) is 6.02. The first-order valence-corrected chi connectivity index (χ1v) is 10.7. The molecule has 0 aliphatic heterocycles. The Morgan fingerprint density at radius 3 is 1.76 bits per heavy atom. The van der Waals surface area contributed by atoms with Crippen molar-refractivity contribution in [3.8, 4) is 0 Å². The fourth-order valence-electron chi connectivity index (χ4n) is 2.00. The monoisotopic (exact) mass is 254 g/mol. The number of rotatable bonds is 10. The van der Waals surface area contributed by atoms with Crippen molar-refractivity contribution >= 4 is 13.4 Å². The summed E-state index contributed by atoms with van der Waals surface area (Å²) in [6.45, 7) is 8.98. The van der Waals surface area contributed by atoms with Gasteiger partial charge in [-0.25, -0.2) is 0 Å². The standard InChI is InChI=1S/C14H30N2Si/c1-5-6-7-8-9-10-11-12-13-14(16-15)17(2,3)4/h5-13H2,1-4H3. The summed E-state index contributed by atoms with van der Waals surface area (Å²) in [7, 11) is -1.37. The van der Waals surface area contributed by atoms with E-state index in [9.17, 15) is 0 Å². The summed E-state index contributed by atoms with van der Waals surface area (Å²) in [5.41, 5.74) is 8.98. The Morgan fingerprint density at radius 1 is 0.882 bits per heavy atom. The fourth-order valence-corrected chi connectivity index (χ4v) is 3.23. The second kappa shape index (κ2) is 9.61. The Hall–Kier alpha value is -0.403. The number of unbranched alkanes of at least 4 members (excludes halogenated alkanes) is 7. The maximum atomic E-state index is 8.98. The highest BCUT2D eigenvalue weighted by Gasteiger charge is 2.28. The van der Waals surface area contributed by atoms with Crippen LogP contribution in [0.2, 0.25) is 19.6 Å². The number of hydrogen-bond acceptors (Lipinski definition) is 0. The first-order valence-electron chi connectivity index (χ1n) is 7.23. The van der Waals surface area contributed by atoms with E-state index in [1.165, 1.54) is 51.4 Å². The predicted octanol–water partition coefficient (Wildman–Crippen LogP) is 5.07. The van der Waals surface area contributed by atoms with E-state index in [1.807, 2.05) is 0 Å². The number of nitrogens with zero attached hydrogens (tertiary/aromatic N) is 2. The van der Waals surface area contributed by atoms with Gasteiger partial charge in [0, 0.05) is 6.42 Å². The molecule has 0 aromatic rings. The minimum Gasteiger partial charge on any atom is -0.362 e. The first kappa shape index (κ1) is 16.6. The molecule has 0 radical (unpaired) electrons. The SMILES string of the molecule is CCCCCCCCCCC(=[N+]=[N-])[Si](C)(C)C. The van der Waals surface area contributed by atoms with E-state index in [-0.39, 0.29) is 0 Å². The molecule has 0 aromatic carbocycles. The van der Waals surface area contributed by atoms with Gasteiger partial charge in [-0.1, -0.05) is 71.5 Å². The van der Waals surface area contributed by atoms with E-state index in [0.29, 0.717) is 0 Å². The van der Waals surface area contributed by atoms with Gasteiger partial charge in [0.2, 0.25) is 5.33 Å². The molecule has 0 bridgehead atoms. The van der Waals surface area contributed by atoms with Crippen LogP contribution in [-0.4, -0.2) is 18.2 Å². The van der Waals surface area contributed by atoms with E-state index in [0.717, 1.165) is 11.8 Å². The normalized spacial score (nSPS) is 11.3. The third-order valence-corrected chi connectivity index (χ3v) is 5.34. The smallest absolute Gasteiger partial charge is 0.236 e. The topological polar surface area (TPSA) is 36.4 Å². The maximum Gasteiger partial charge on any atom is 0.236 e. The van der Waals surface area contributed by atoms with Gasteiger partial charge < -0.3 is 5.53 Å². The Kier molecular flexibility index (Phi) is 9.38. The Morgan fingerprint density at radius 2 is 1.35 bits per heavy atom. The summed E-state index contributed by atoms with van der Waals surface area (Å²) in [5, 5.41) is 1.07. The van der Waals surface area contributed by atoms with Gasteiger partial charge >= 0.3 is 0 Å². The fraction of sp³-hybridized carbons (Fsp3) is 0.929. The molecule has 3 heteroatoms. The molecule has 0 fully saturated rings. The van der Waals surface area contributed by atoms with E-state index in [1.54, 1.807) is 0 Å². The van der Waals surface area contributed by atoms with Crippen LogP contribution in [0.4, 0.5) is 0 Å². The Bertz CT molecular complexity index is 237. The van der Waals surface area contributed by atoms with Gasteiger partial charge in [0.25, 0.3) is 0 Å². The van der Waals surface area contributed by atoms with Gasteiger partial charge in [0.1, 0.15) is 0 Å². The highest BCUT2D eigenvalue weighted by molar-refractivity contribution is 7.03. The molecule has 0 rings (SSSR count). The predicted molar refractivity (Wildman–Crippen MR) is 79.2 cm³/mol. The van der Waals surface area contributed by atoms with Gasteiger partial charge in [-0.2, -0.15) is 4.79 Å². The summed E-state index contributed by atoms with van der Waals surface area (Å²) in [5.74, 6) is 0. The molecule has 17 heavy (non-hydrogen) atoms. The summed E-state index contributed by atoms with van der Waals surface area (Å²) in [6, 6.07) is 0. The average molecular weight is 254 g/mol. The lowest BCUT2D eigenvalue weighted by Gasteiger charge is -2.09. The minimum atomic E-state index is -1.37. The quantitative estimate of drug-likeness (QED) is 0.172. The highest BCUT2D eigenvalue weighted by atomic mass is 28.3. The highest BCUT2D eigenvalue weighted by Crippen LogP contribution is 2.12. The molecule has 0 unspecified atom stereocenters. The largest absolute Gasteiger partial charge is 0.362 e. The molecular formula is C14H30N2Si. The molecule has 0 saturated carbocycles. The average Bonchev–Trinajstić information content (AvgIpc) is 2.25. The molecule has 0 saturated heterocycles. The second-order valence-corrected chi connectivity index (χ2v) is 11.1. The van der Waals surface area contributed by atoms with Crippen molar-refractivity contribution in [3.05, 3.63) is 5.53 Å². The summed E-state index contributed by atoms with van der Waals surface area (Å²) < 4.78 is 0. The molecule has 0 heterocycles. The van der Waals surface area contributed by atoms with Crippen LogP contribution in [0.15, 0.2) is 0 Å². The third kappa shape index (κ3) is 9.31. The molecule has 0 aliphatic rings. The molecule has 0 aliphatic carbocycles. The van der Waals surface area contributed by atoms with Crippen molar-refractivity contribution in [2.24, 2.45) is 0 Å². The van der Waals surface area contributed by atoms with Crippen LogP contribution in [0.1, 0.15) is 64.7 Å². The molecule has 0 N–H and O–H groups in total. The van der Waals surface area contributed by atoms with Crippen LogP contribution >= 0.6 is 0 Å². The van der Waals surface area contributed by atoms with Crippen molar-refractivity contribution < 1.29 is 4.79 Å². The summed E-state index contributed by atoms with van der Waals surface area (Å²) >= 11 is 0. The van der Waals surface area contributed by atoms with E-state index >= 15 is 0 Å². The molecular weight excluding hydrogens is 224 g/mol. The lowest BCUT2D eigenvalue weighted by Crippen LogP contribution is -2.34. The molecule has 0 spiro atoms. The lowest BCUT2D eigenvalue weighted by molar-refractivity contribution is -0.00440. The molecule has 0 atom stereocenters. The van der Waals surface area contributed by atoms with E-state index in [2.05, 4.69) is 31.4 Å². The Balaban J connectivity index is 3.48. The zero-order valence-corrected chi connectivity index (χ0v) is 13.3. The van der Waals surface area contributed by atoms with Crippen molar-refractivity contribution in [2.75, 3.05) is 0 Å². The molecule has 0 amide bonds. The summed E-state index contributed by atoms with van der Waals surface area (Å²) in [6.07, 6.45) is 11.7. The third-order valence-electron chi connectivity index (χ3n) is 3.25. The van der Waals surface area contributed by atoms with Crippen molar-refractivity contribution in [2.45, 2.75) is 84.4 Å². The van der Waals surface area contributed by atoms with Crippen LogP contribution in [0, 0.1) is 0 Å². The van der Waals surface area contributed by atoms with Crippen molar-refractivity contribution in [3.63, 3.8) is 0 Å². The van der Waals surface area contributed by atoms with Crippen molar-refractivity contribution in [1.29, 1.82) is 0 Å². The minimum absolute atomic E-state index is 1.00. The van der Waals surface area contributed by atoms with E-state index in [4.69, 9.17) is 5.53 Å². The van der Waals surface area contributed by atoms with Gasteiger partial charge in [-0.15, -0.1) is 0 Å². The van der Waals surface area contributed by atoms with Gasteiger partial charge in [-0.3, -0.25) is 0 Å². The first-order chi connectivity index (χ1) is 8.02. The van der Waals surface area contributed by atoms with Gasteiger partial charge in [0.15, 0.2) is 8.07 Å². The van der Waals surface area contributed by atoms with Crippen LogP contribution in [-0.2, 0) is 0 Å². The van der Waals surface area contributed by atoms with Crippen LogP contribution in [0.5, 0.6) is 0 Å². The Labute approximate surface area is 108 Å². The van der Waals surface area contributed by atoms with Crippen molar-refractivity contribution in [1.82, 2.24) is 0 Å². The number of hydrogen-bond donors (Lipinski definition) is 0. The maximum absolute atomic E-state index is 8.98. The zero-order valence-electron chi connectivity index (χ0n) is 12.3. The van der Waals surface area contributed by atoms with E-state index < -0.39 is 8.07 Å². The van der Waals surface area contributed by atoms with Crippen LogP contribution in [0.3, 0.4) is 0 Å². The lowest BCUT2D eigenvalue weighted by atomic mass is 10.1. The van der Waals surface area contributed by atoms with Crippen LogP contribution in [0.25, 0.3) is 5.53 Å². The summed E-state index contributed by atoms with van der Waals surface area (Å²) in [4.78, 5) is 3.50. The van der Waals surface area contributed by atoms with Gasteiger partial charge in [-0.05, 0) is 6.42 Å². The molecule has 2 nitrogen and oxygen atoms in total. The van der Waals surface area contributed by atoms with Crippen LogP contribution < -0.4 is 0 Å². The molecule has 100 valence electrons. The zero-order chi connectivity index (χ0) is 13.1. The van der Waals surface area contributed by atoms with Gasteiger partial charge in [0.05, 0.1) is 0 Å². The molecule has 0 aromatic heterocycles.